The summed E-state index contributed by atoms with van der Waals surface area (Å²) in [6.07, 6.45) is 1.38. The van der Waals surface area contributed by atoms with Crippen molar-refractivity contribution >= 4 is 16.1 Å². The maximum atomic E-state index is 11.3. The van der Waals surface area contributed by atoms with Crippen molar-refractivity contribution in [2.75, 3.05) is 6.54 Å². The Morgan fingerprint density at radius 1 is 1.43 bits per heavy atom. The second-order valence-electron chi connectivity index (χ2n) is 2.98. The van der Waals surface area contributed by atoms with Crippen LogP contribution in [-0.2, 0) is 15.0 Å². The van der Waals surface area contributed by atoms with Crippen LogP contribution in [0.2, 0.25) is 0 Å². The Hall–Kier alpha value is -0.660. The first-order valence-electron chi connectivity index (χ1n) is 4.36. The third-order valence-corrected chi connectivity index (χ3v) is 3.65. The Balaban J connectivity index is 0.00000169. The highest BCUT2D eigenvalue weighted by Crippen LogP contribution is 2.17. The van der Waals surface area contributed by atoms with Crippen LogP contribution in [0.1, 0.15) is 26.7 Å². The molecule has 0 spiro atoms. The van der Waals surface area contributed by atoms with E-state index in [2.05, 4.69) is 0 Å². The summed E-state index contributed by atoms with van der Waals surface area (Å²) in [4.78, 5) is 11.2. The molecule has 6 nitrogen and oxygen atoms in total. The molecular formula is C7H18N3O3S+. The Morgan fingerprint density at radius 3 is 2.43 bits per heavy atom. The summed E-state index contributed by atoms with van der Waals surface area (Å²) < 4.78 is 25.8. The van der Waals surface area contributed by atoms with Crippen LogP contribution in [0, 0.1) is 0 Å². The standard InChI is InChI=1S/C7H14N2O3S.H3N/c1-3-5-6-7(10)8-13(11,12)9(6)4-2;/h6H,3-5H2,1-2H3,(H,8,10);1H3/p+1. The van der Waals surface area contributed by atoms with Gasteiger partial charge in [-0.2, -0.15) is 12.7 Å². The lowest BCUT2D eigenvalue weighted by atomic mass is 10.1. The van der Waals surface area contributed by atoms with E-state index < -0.39 is 22.2 Å². The lowest BCUT2D eigenvalue weighted by Gasteiger charge is -2.16. The van der Waals surface area contributed by atoms with Crippen LogP contribution in [0.3, 0.4) is 0 Å². The summed E-state index contributed by atoms with van der Waals surface area (Å²) >= 11 is 0. The van der Waals surface area contributed by atoms with E-state index in [4.69, 9.17) is 0 Å². The Kier molecular flexibility index (Phi) is 4.50. The number of carbonyl (C=O) groups excluding carboxylic acids is 1. The third-order valence-electron chi connectivity index (χ3n) is 2.06. The largest absolute Gasteiger partial charge is 0.369 e. The Labute approximate surface area is 84.4 Å². The van der Waals surface area contributed by atoms with Gasteiger partial charge in [-0.05, 0) is 6.42 Å². The first kappa shape index (κ1) is 13.3. The van der Waals surface area contributed by atoms with E-state index >= 15 is 0 Å². The molecule has 0 aromatic rings. The van der Waals surface area contributed by atoms with E-state index in [0.29, 0.717) is 13.0 Å². The summed E-state index contributed by atoms with van der Waals surface area (Å²) in [6.45, 7) is 3.98. The van der Waals surface area contributed by atoms with Crippen molar-refractivity contribution in [3.05, 3.63) is 0 Å². The molecule has 1 aliphatic heterocycles. The van der Waals surface area contributed by atoms with Crippen LogP contribution >= 0.6 is 0 Å². The molecule has 5 N–H and O–H groups in total. The number of hydrogen-bond acceptors (Lipinski definition) is 3. The molecule has 0 saturated carbocycles. The quantitative estimate of drug-likeness (QED) is 0.717. The van der Waals surface area contributed by atoms with Gasteiger partial charge in [-0.1, -0.05) is 20.3 Å². The molecule has 0 aromatic heterocycles. The van der Waals surface area contributed by atoms with Crippen molar-refractivity contribution < 1.29 is 13.2 Å². The van der Waals surface area contributed by atoms with E-state index in [-0.39, 0.29) is 6.15 Å². The second kappa shape index (κ2) is 4.72. The highest BCUT2D eigenvalue weighted by Gasteiger charge is 2.41. The fourth-order valence-electron chi connectivity index (χ4n) is 1.49. The number of amides is 1. The zero-order valence-electron chi connectivity index (χ0n) is 8.78. The minimum atomic E-state index is -3.52. The maximum absolute atomic E-state index is 11.3. The molecule has 0 radical (unpaired) electrons. The predicted octanol–water partition coefficient (Wildman–Crippen LogP) is 0.228. The van der Waals surface area contributed by atoms with Gasteiger partial charge in [0, 0.05) is 6.54 Å². The normalized spacial score (nSPS) is 25.6. The van der Waals surface area contributed by atoms with Gasteiger partial charge in [0.05, 0.1) is 0 Å². The van der Waals surface area contributed by atoms with Crippen molar-refractivity contribution in [3.8, 4) is 0 Å². The minimum absolute atomic E-state index is 0. The Bertz CT molecular complexity index is 301. The Morgan fingerprint density at radius 2 is 2.00 bits per heavy atom. The number of quaternary nitrogens is 1. The van der Waals surface area contributed by atoms with Gasteiger partial charge in [0.15, 0.2) is 0 Å². The van der Waals surface area contributed by atoms with Crippen molar-refractivity contribution in [1.29, 1.82) is 0 Å². The maximum Gasteiger partial charge on any atom is 0.304 e. The van der Waals surface area contributed by atoms with Gasteiger partial charge in [-0.25, -0.2) is 4.72 Å². The van der Waals surface area contributed by atoms with E-state index in [1.165, 1.54) is 4.31 Å². The molecule has 14 heavy (non-hydrogen) atoms. The summed E-state index contributed by atoms with van der Waals surface area (Å²) in [5.74, 6) is -0.399. The lowest BCUT2D eigenvalue weighted by molar-refractivity contribution is -0.121. The zero-order chi connectivity index (χ0) is 10.1. The van der Waals surface area contributed by atoms with E-state index in [9.17, 15) is 13.2 Å². The molecule has 0 aliphatic carbocycles. The monoisotopic (exact) mass is 224 g/mol. The molecular weight excluding hydrogens is 206 g/mol. The molecule has 1 amide bonds. The van der Waals surface area contributed by atoms with Crippen LogP contribution < -0.4 is 10.9 Å². The topological polar surface area (TPSA) is 103 Å². The van der Waals surface area contributed by atoms with Gasteiger partial charge in [-0.15, -0.1) is 0 Å². The van der Waals surface area contributed by atoms with Crippen LogP contribution in [0.5, 0.6) is 0 Å². The molecule has 1 saturated heterocycles. The summed E-state index contributed by atoms with van der Waals surface area (Å²) in [7, 11) is -3.52. The smallest absolute Gasteiger partial charge is 0.304 e. The SMILES string of the molecule is CCCC1C(=O)NS(=O)(=O)N1CC.[NH4+]. The number of rotatable bonds is 3. The first-order valence-corrected chi connectivity index (χ1v) is 5.80. The summed E-state index contributed by atoms with van der Waals surface area (Å²) in [5, 5.41) is 0. The number of likely N-dealkylation sites (N-methyl/N-ethyl adjacent to an activating group) is 1. The number of nitrogens with zero attached hydrogens (tertiary/aromatic N) is 1. The number of carbonyl (C=O) groups is 1. The second-order valence-corrected chi connectivity index (χ2v) is 4.60. The highest BCUT2D eigenvalue weighted by atomic mass is 32.2. The van der Waals surface area contributed by atoms with Crippen LogP contribution in [-0.4, -0.2) is 31.2 Å². The van der Waals surface area contributed by atoms with E-state index in [1.807, 2.05) is 11.6 Å². The molecule has 7 heteroatoms. The van der Waals surface area contributed by atoms with Crippen molar-refractivity contribution in [2.45, 2.75) is 32.7 Å². The summed E-state index contributed by atoms with van der Waals surface area (Å²) in [5.41, 5.74) is 0. The van der Waals surface area contributed by atoms with Gasteiger partial charge in [0.1, 0.15) is 6.04 Å². The van der Waals surface area contributed by atoms with E-state index in [1.54, 1.807) is 6.92 Å². The van der Waals surface area contributed by atoms with Crippen molar-refractivity contribution in [1.82, 2.24) is 15.2 Å². The zero-order valence-corrected chi connectivity index (χ0v) is 9.60. The van der Waals surface area contributed by atoms with Gasteiger partial charge < -0.3 is 6.15 Å². The predicted molar refractivity (Wildman–Crippen MR) is 54.1 cm³/mol. The van der Waals surface area contributed by atoms with Gasteiger partial charge in [0.25, 0.3) is 5.91 Å². The highest BCUT2D eigenvalue weighted by molar-refractivity contribution is 7.88. The molecule has 0 aromatic carbocycles. The van der Waals surface area contributed by atoms with Gasteiger partial charge in [0.2, 0.25) is 0 Å². The first-order chi connectivity index (χ1) is 6.03. The molecule has 1 atom stereocenters. The van der Waals surface area contributed by atoms with Gasteiger partial charge in [-0.3, -0.25) is 4.79 Å². The average molecular weight is 224 g/mol. The molecule has 84 valence electrons. The molecule has 0 bridgehead atoms. The van der Waals surface area contributed by atoms with Crippen molar-refractivity contribution in [3.63, 3.8) is 0 Å². The van der Waals surface area contributed by atoms with Crippen molar-refractivity contribution in [2.24, 2.45) is 0 Å². The van der Waals surface area contributed by atoms with Crippen LogP contribution in [0.15, 0.2) is 0 Å². The lowest BCUT2D eigenvalue weighted by Crippen LogP contribution is -2.35. The minimum Gasteiger partial charge on any atom is -0.369 e. The average Bonchev–Trinajstić information content (AvgIpc) is 2.22. The fourth-order valence-corrected chi connectivity index (χ4v) is 2.87. The molecule has 1 fully saturated rings. The summed E-state index contributed by atoms with van der Waals surface area (Å²) in [6, 6.07) is -0.500. The molecule has 1 unspecified atom stereocenters. The van der Waals surface area contributed by atoms with Crippen LogP contribution in [0.25, 0.3) is 0 Å². The molecule has 1 rings (SSSR count). The third kappa shape index (κ3) is 2.23. The number of nitrogens with one attached hydrogen (secondary N) is 1. The van der Waals surface area contributed by atoms with E-state index in [0.717, 1.165) is 6.42 Å². The van der Waals surface area contributed by atoms with Crippen LogP contribution in [0.4, 0.5) is 0 Å². The molecule has 1 heterocycles. The molecule has 1 aliphatic rings. The number of hydrogen-bond donors (Lipinski definition) is 2. The van der Waals surface area contributed by atoms with Gasteiger partial charge >= 0.3 is 10.2 Å². The fraction of sp³-hybridized carbons (Fsp3) is 0.857.